The molecule has 2 aromatic carbocycles. The van der Waals surface area contributed by atoms with Crippen LogP contribution in [0.1, 0.15) is 5.56 Å². The van der Waals surface area contributed by atoms with Gasteiger partial charge in [0.1, 0.15) is 5.82 Å². The second-order valence-corrected chi connectivity index (χ2v) is 6.98. The molecule has 0 saturated carbocycles. The van der Waals surface area contributed by atoms with Gasteiger partial charge in [-0.15, -0.1) is 0 Å². The summed E-state index contributed by atoms with van der Waals surface area (Å²) >= 11 is 5.87. The van der Waals surface area contributed by atoms with Crippen molar-refractivity contribution in [2.45, 2.75) is 11.3 Å². The lowest BCUT2D eigenvalue weighted by atomic mass is 10.1. The number of carbonyl (C=O) groups excluding carboxylic acids is 1. The second-order valence-electron chi connectivity index (χ2n) is 4.98. The molecule has 128 valence electrons. The molecule has 0 atom stereocenters. The Hall–Kier alpha value is -2.16. The topological polar surface area (TPSA) is 101 Å². The number of urea groups is 1. The molecule has 0 aliphatic rings. The lowest BCUT2D eigenvalue weighted by Crippen LogP contribution is -2.30. The van der Waals surface area contributed by atoms with E-state index in [1.807, 2.05) is 6.07 Å². The lowest BCUT2D eigenvalue weighted by molar-refractivity contribution is 0.252. The normalized spacial score (nSPS) is 11.1. The van der Waals surface area contributed by atoms with Crippen LogP contribution >= 0.6 is 11.6 Å². The van der Waals surface area contributed by atoms with Gasteiger partial charge in [-0.05, 0) is 42.3 Å². The van der Waals surface area contributed by atoms with Crippen molar-refractivity contribution in [2.24, 2.45) is 5.14 Å². The fourth-order valence-electron chi connectivity index (χ4n) is 1.99. The Morgan fingerprint density at radius 3 is 2.62 bits per heavy atom. The second kappa shape index (κ2) is 7.61. The molecule has 24 heavy (non-hydrogen) atoms. The number of amides is 2. The van der Waals surface area contributed by atoms with Crippen LogP contribution in [0, 0.1) is 5.82 Å². The first-order chi connectivity index (χ1) is 11.2. The molecule has 0 saturated heterocycles. The molecule has 6 nitrogen and oxygen atoms in total. The van der Waals surface area contributed by atoms with Crippen LogP contribution in [-0.2, 0) is 16.4 Å². The van der Waals surface area contributed by atoms with E-state index >= 15 is 0 Å². The van der Waals surface area contributed by atoms with Crippen molar-refractivity contribution >= 4 is 33.3 Å². The SMILES string of the molecule is NS(=O)(=O)c1cc(F)cc(NC(=O)NCCc2cccc(Cl)c2)c1. The van der Waals surface area contributed by atoms with Crippen molar-refractivity contribution in [1.82, 2.24) is 5.32 Å². The van der Waals surface area contributed by atoms with Gasteiger partial charge in [0.25, 0.3) is 0 Å². The maximum Gasteiger partial charge on any atom is 0.319 e. The number of carbonyl (C=O) groups is 1. The van der Waals surface area contributed by atoms with Crippen molar-refractivity contribution in [2.75, 3.05) is 11.9 Å². The Balaban J connectivity index is 1.94. The number of primary sulfonamides is 1. The number of benzene rings is 2. The average molecular weight is 372 g/mol. The lowest BCUT2D eigenvalue weighted by Gasteiger charge is -2.09. The molecule has 4 N–H and O–H groups in total. The molecule has 0 radical (unpaired) electrons. The molecule has 2 amide bonds. The largest absolute Gasteiger partial charge is 0.338 e. The maximum atomic E-state index is 13.4. The van der Waals surface area contributed by atoms with E-state index < -0.39 is 26.8 Å². The van der Waals surface area contributed by atoms with E-state index in [0.29, 0.717) is 18.0 Å². The van der Waals surface area contributed by atoms with E-state index in [0.717, 1.165) is 23.8 Å². The number of hydrogen-bond donors (Lipinski definition) is 3. The Kier molecular flexibility index (Phi) is 5.76. The van der Waals surface area contributed by atoms with Crippen molar-refractivity contribution in [3.63, 3.8) is 0 Å². The molecule has 0 unspecified atom stereocenters. The summed E-state index contributed by atoms with van der Waals surface area (Å²) in [7, 11) is -4.06. The van der Waals surface area contributed by atoms with E-state index in [2.05, 4.69) is 10.6 Å². The summed E-state index contributed by atoms with van der Waals surface area (Å²) in [5.41, 5.74) is 0.935. The minimum Gasteiger partial charge on any atom is -0.338 e. The van der Waals surface area contributed by atoms with Gasteiger partial charge in [0.15, 0.2) is 0 Å². The summed E-state index contributed by atoms with van der Waals surface area (Å²) in [5, 5.41) is 10.5. The number of hydrogen-bond acceptors (Lipinski definition) is 3. The van der Waals surface area contributed by atoms with Crippen molar-refractivity contribution < 1.29 is 17.6 Å². The molecular formula is C15H15ClFN3O3S. The molecule has 0 spiro atoms. The first kappa shape index (κ1) is 18.2. The summed E-state index contributed by atoms with van der Waals surface area (Å²) in [6, 6.07) is 9.46. The fraction of sp³-hybridized carbons (Fsp3) is 0.133. The monoisotopic (exact) mass is 371 g/mol. The van der Waals surface area contributed by atoms with E-state index in [4.69, 9.17) is 16.7 Å². The highest BCUT2D eigenvalue weighted by Crippen LogP contribution is 2.17. The summed E-state index contributed by atoms with van der Waals surface area (Å²) in [4.78, 5) is 11.4. The number of nitrogens with one attached hydrogen (secondary N) is 2. The van der Waals surface area contributed by atoms with E-state index in [9.17, 15) is 17.6 Å². The van der Waals surface area contributed by atoms with Gasteiger partial charge in [0, 0.05) is 17.3 Å². The molecule has 0 aliphatic carbocycles. The zero-order valence-electron chi connectivity index (χ0n) is 12.4. The smallest absolute Gasteiger partial charge is 0.319 e. The molecule has 0 fully saturated rings. The van der Waals surface area contributed by atoms with E-state index in [1.54, 1.807) is 18.2 Å². The third-order valence-corrected chi connectivity index (χ3v) is 4.17. The molecule has 0 aliphatic heterocycles. The van der Waals surface area contributed by atoms with Crippen molar-refractivity contribution in [3.05, 3.63) is 58.9 Å². The minimum absolute atomic E-state index is 0.0146. The number of rotatable bonds is 5. The van der Waals surface area contributed by atoms with Gasteiger partial charge in [0.05, 0.1) is 4.90 Å². The molecule has 2 aromatic rings. The van der Waals surface area contributed by atoms with E-state index in [-0.39, 0.29) is 5.69 Å². The third-order valence-electron chi connectivity index (χ3n) is 3.05. The Morgan fingerprint density at radius 2 is 1.96 bits per heavy atom. The summed E-state index contributed by atoms with van der Waals surface area (Å²) in [5.74, 6) is -0.823. The highest BCUT2D eigenvalue weighted by atomic mass is 35.5. The first-order valence-electron chi connectivity index (χ1n) is 6.87. The van der Waals surface area contributed by atoms with Gasteiger partial charge in [-0.25, -0.2) is 22.7 Å². The van der Waals surface area contributed by atoms with Crippen LogP contribution in [0.25, 0.3) is 0 Å². The zero-order valence-corrected chi connectivity index (χ0v) is 14.0. The van der Waals surface area contributed by atoms with Gasteiger partial charge in [-0.3, -0.25) is 0 Å². The number of halogens is 2. The molecule has 0 aromatic heterocycles. The van der Waals surface area contributed by atoms with Gasteiger partial charge < -0.3 is 10.6 Å². The van der Waals surface area contributed by atoms with Crippen molar-refractivity contribution in [3.8, 4) is 0 Å². The van der Waals surface area contributed by atoms with Crippen LogP contribution in [0.3, 0.4) is 0 Å². The first-order valence-corrected chi connectivity index (χ1v) is 8.79. The van der Waals surface area contributed by atoms with Gasteiger partial charge in [-0.2, -0.15) is 0 Å². The Labute approximate surface area is 143 Å². The zero-order chi connectivity index (χ0) is 17.7. The standard InChI is InChI=1S/C15H15ClFN3O3S/c16-11-3-1-2-10(6-11)4-5-19-15(21)20-13-7-12(17)8-14(9-13)24(18,22)23/h1-3,6-9H,4-5H2,(H2,18,22,23)(H2,19,20,21). The Morgan fingerprint density at radius 1 is 1.21 bits per heavy atom. The van der Waals surface area contributed by atoms with Crippen LogP contribution in [0.15, 0.2) is 47.4 Å². The van der Waals surface area contributed by atoms with Crippen LogP contribution in [0.5, 0.6) is 0 Å². The average Bonchev–Trinajstić information content (AvgIpc) is 2.45. The summed E-state index contributed by atoms with van der Waals surface area (Å²) in [6.45, 7) is 0.323. The number of nitrogens with two attached hydrogens (primary N) is 1. The van der Waals surface area contributed by atoms with E-state index in [1.165, 1.54) is 0 Å². The number of sulfonamides is 1. The van der Waals surface area contributed by atoms with Crippen LogP contribution in [0.2, 0.25) is 5.02 Å². The molecule has 0 heterocycles. The van der Waals surface area contributed by atoms with Crippen LogP contribution < -0.4 is 15.8 Å². The van der Waals surface area contributed by atoms with Crippen LogP contribution in [0.4, 0.5) is 14.9 Å². The minimum atomic E-state index is -4.06. The highest BCUT2D eigenvalue weighted by molar-refractivity contribution is 7.89. The predicted octanol–water partition coefficient (Wildman–Crippen LogP) is 2.49. The summed E-state index contributed by atoms with van der Waals surface area (Å²) in [6.07, 6.45) is 0.555. The van der Waals surface area contributed by atoms with Gasteiger partial charge >= 0.3 is 6.03 Å². The maximum absolute atomic E-state index is 13.4. The quantitative estimate of drug-likeness (QED) is 0.752. The summed E-state index contributed by atoms with van der Waals surface area (Å²) < 4.78 is 35.9. The van der Waals surface area contributed by atoms with Crippen molar-refractivity contribution in [1.29, 1.82) is 0 Å². The van der Waals surface area contributed by atoms with Gasteiger partial charge in [0.2, 0.25) is 10.0 Å². The molecule has 2 rings (SSSR count). The molecule has 0 bridgehead atoms. The third kappa shape index (κ3) is 5.48. The molecule has 9 heteroatoms. The predicted molar refractivity (Wildman–Crippen MR) is 90.0 cm³/mol. The molecular weight excluding hydrogens is 357 g/mol. The Bertz CT molecular complexity index is 859. The fourth-order valence-corrected chi connectivity index (χ4v) is 2.77. The van der Waals surface area contributed by atoms with Gasteiger partial charge in [-0.1, -0.05) is 23.7 Å². The number of anilines is 1. The van der Waals surface area contributed by atoms with Crippen LogP contribution in [-0.4, -0.2) is 21.0 Å². The highest BCUT2D eigenvalue weighted by Gasteiger charge is 2.12.